The van der Waals surface area contributed by atoms with Gasteiger partial charge in [-0.15, -0.1) is 0 Å². The average Bonchev–Trinajstić information content (AvgIpc) is 1.97. The first kappa shape index (κ1) is 10.0. The van der Waals surface area contributed by atoms with E-state index < -0.39 is 0 Å². The molecule has 1 nitrogen and oxygen atoms in total. The highest BCUT2D eigenvalue weighted by molar-refractivity contribution is 4.84. The summed E-state index contributed by atoms with van der Waals surface area (Å²) in [5.74, 6) is 1.74. The Hall–Kier alpha value is -0.0400. The molecule has 0 unspecified atom stereocenters. The summed E-state index contributed by atoms with van der Waals surface area (Å²) in [6.07, 6.45) is 4.25. The molecule has 0 bridgehead atoms. The second-order valence-corrected chi connectivity index (χ2v) is 4.73. The lowest BCUT2D eigenvalue weighted by molar-refractivity contribution is 0.199. The van der Waals surface area contributed by atoms with Crippen LogP contribution in [0.3, 0.4) is 0 Å². The van der Waals surface area contributed by atoms with Crippen LogP contribution < -0.4 is 5.32 Å². The summed E-state index contributed by atoms with van der Waals surface area (Å²) in [5.41, 5.74) is 0. The second kappa shape index (κ2) is 4.27. The van der Waals surface area contributed by atoms with Crippen LogP contribution in [0.2, 0.25) is 0 Å². The molecule has 12 heavy (non-hydrogen) atoms. The van der Waals surface area contributed by atoms with Gasteiger partial charge in [-0.25, -0.2) is 0 Å². The summed E-state index contributed by atoms with van der Waals surface area (Å²) >= 11 is 0. The molecule has 72 valence electrons. The Labute approximate surface area is 76.9 Å². The van der Waals surface area contributed by atoms with Crippen LogP contribution in [0.1, 0.15) is 47.0 Å². The van der Waals surface area contributed by atoms with Crippen molar-refractivity contribution in [2.24, 2.45) is 11.8 Å². The van der Waals surface area contributed by atoms with Gasteiger partial charge >= 0.3 is 0 Å². The third kappa shape index (κ3) is 2.48. The Morgan fingerprint density at radius 3 is 2.00 bits per heavy atom. The fourth-order valence-electron chi connectivity index (χ4n) is 2.40. The van der Waals surface area contributed by atoms with E-state index in [1.165, 1.54) is 19.3 Å². The predicted octanol–water partition coefficient (Wildman–Crippen LogP) is 2.81. The molecule has 0 saturated heterocycles. The second-order valence-electron chi connectivity index (χ2n) is 4.73. The van der Waals surface area contributed by atoms with E-state index in [1.54, 1.807) is 0 Å². The topological polar surface area (TPSA) is 12.0 Å². The molecule has 0 spiro atoms. The summed E-state index contributed by atoms with van der Waals surface area (Å²) in [6, 6.07) is 1.40. The Morgan fingerprint density at radius 2 is 1.58 bits per heavy atom. The zero-order valence-corrected chi connectivity index (χ0v) is 8.93. The zero-order valence-electron chi connectivity index (χ0n) is 8.93. The van der Waals surface area contributed by atoms with Gasteiger partial charge < -0.3 is 5.32 Å². The largest absolute Gasteiger partial charge is 0.311 e. The highest BCUT2D eigenvalue weighted by Gasteiger charge is 2.27. The quantitative estimate of drug-likeness (QED) is 0.670. The molecule has 0 aliphatic heterocycles. The van der Waals surface area contributed by atoms with Gasteiger partial charge in [-0.05, 0) is 24.7 Å². The van der Waals surface area contributed by atoms with Crippen molar-refractivity contribution in [2.75, 3.05) is 0 Å². The van der Waals surface area contributed by atoms with Crippen LogP contribution in [-0.4, -0.2) is 12.1 Å². The summed E-state index contributed by atoms with van der Waals surface area (Å²) in [5, 5.41) is 3.68. The standard InChI is InChI=1S/C11H23N/c1-8(2)12-11-9(3)6-5-7-10(11)4/h8-12H,5-7H2,1-4H3/t9-,10-/m1/s1. The molecule has 1 aliphatic carbocycles. The Kier molecular flexibility index (Phi) is 3.57. The van der Waals surface area contributed by atoms with Crippen molar-refractivity contribution < 1.29 is 0 Å². The van der Waals surface area contributed by atoms with Crippen LogP contribution in [0.15, 0.2) is 0 Å². The van der Waals surface area contributed by atoms with Crippen molar-refractivity contribution in [3.8, 4) is 0 Å². The number of nitrogens with one attached hydrogen (secondary N) is 1. The molecule has 1 N–H and O–H groups in total. The van der Waals surface area contributed by atoms with Gasteiger partial charge in [-0.1, -0.05) is 34.1 Å². The van der Waals surface area contributed by atoms with Crippen LogP contribution >= 0.6 is 0 Å². The van der Waals surface area contributed by atoms with E-state index >= 15 is 0 Å². The van der Waals surface area contributed by atoms with Gasteiger partial charge in [0.1, 0.15) is 0 Å². The number of hydrogen-bond donors (Lipinski definition) is 1. The minimum absolute atomic E-state index is 0.637. The minimum atomic E-state index is 0.637. The van der Waals surface area contributed by atoms with Gasteiger partial charge in [0.15, 0.2) is 0 Å². The first-order valence-corrected chi connectivity index (χ1v) is 5.37. The van der Waals surface area contributed by atoms with Crippen molar-refractivity contribution in [1.82, 2.24) is 5.32 Å². The van der Waals surface area contributed by atoms with Crippen molar-refractivity contribution in [2.45, 2.75) is 59.0 Å². The summed E-state index contributed by atoms with van der Waals surface area (Å²) in [4.78, 5) is 0. The van der Waals surface area contributed by atoms with Crippen LogP contribution in [-0.2, 0) is 0 Å². The van der Waals surface area contributed by atoms with Crippen LogP contribution in [0.4, 0.5) is 0 Å². The molecular formula is C11H23N. The molecule has 0 radical (unpaired) electrons. The molecule has 1 rings (SSSR count). The van der Waals surface area contributed by atoms with E-state index in [2.05, 4.69) is 33.0 Å². The third-order valence-corrected chi connectivity index (χ3v) is 3.07. The Balaban J connectivity index is 2.45. The monoisotopic (exact) mass is 169 g/mol. The maximum Gasteiger partial charge on any atom is 0.0121 e. The zero-order chi connectivity index (χ0) is 9.14. The van der Waals surface area contributed by atoms with E-state index in [0.29, 0.717) is 6.04 Å². The molecule has 1 fully saturated rings. The molecular weight excluding hydrogens is 146 g/mol. The third-order valence-electron chi connectivity index (χ3n) is 3.07. The lowest BCUT2D eigenvalue weighted by atomic mass is 9.78. The smallest absolute Gasteiger partial charge is 0.0121 e. The molecule has 1 heteroatoms. The molecule has 1 saturated carbocycles. The van der Waals surface area contributed by atoms with E-state index in [0.717, 1.165) is 17.9 Å². The van der Waals surface area contributed by atoms with E-state index in [4.69, 9.17) is 0 Å². The van der Waals surface area contributed by atoms with Gasteiger partial charge in [-0.2, -0.15) is 0 Å². The Morgan fingerprint density at radius 1 is 1.08 bits per heavy atom. The van der Waals surface area contributed by atoms with Crippen molar-refractivity contribution in [3.05, 3.63) is 0 Å². The lowest BCUT2D eigenvalue weighted by Gasteiger charge is -2.36. The molecule has 0 heterocycles. The molecule has 1 aliphatic rings. The normalized spacial score (nSPS) is 32.8. The Bertz CT molecular complexity index is 121. The summed E-state index contributed by atoms with van der Waals surface area (Å²) in [6.45, 7) is 9.26. The molecule has 2 atom stereocenters. The van der Waals surface area contributed by atoms with Crippen molar-refractivity contribution >= 4 is 0 Å². The van der Waals surface area contributed by atoms with Gasteiger partial charge in [0, 0.05) is 12.1 Å². The summed E-state index contributed by atoms with van der Waals surface area (Å²) in [7, 11) is 0. The number of hydrogen-bond acceptors (Lipinski definition) is 1. The molecule has 0 aromatic heterocycles. The van der Waals surface area contributed by atoms with Crippen molar-refractivity contribution in [3.63, 3.8) is 0 Å². The van der Waals surface area contributed by atoms with Gasteiger partial charge in [0.2, 0.25) is 0 Å². The van der Waals surface area contributed by atoms with Crippen LogP contribution in [0.5, 0.6) is 0 Å². The summed E-state index contributed by atoms with van der Waals surface area (Å²) < 4.78 is 0. The maximum atomic E-state index is 3.68. The molecule has 0 aromatic rings. The fourth-order valence-corrected chi connectivity index (χ4v) is 2.40. The van der Waals surface area contributed by atoms with Crippen molar-refractivity contribution in [1.29, 1.82) is 0 Å². The van der Waals surface area contributed by atoms with Crippen LogP contribution in [0, 0.1) is 11.8 Å². The number of rotatable bonds is 2. The molecule has 0 amide bonds. The minimum Gasteiger partial charge on any atom is -0.311 e. The van der Waals surface area contributed by atoms with Gasteiger partial charge in [0.05, 0.1) is 0 Å². The highest BCUT2D eigenvalue weighted by atomic mass is 15.0. The lowest BCUT2D eigenvalue weighted by Crippen LogP contribution is -2.45. The van der Waals surface area contributed by atoms with Gasteiger partial charge in [-0.3, -0.25) is 0 Å². The van der Waals surface area contributed by atoms with E-state index in [9.17, 15) is 0 Å². The van der Waals surface area contributed by atoms with E-state index in [1.807, 2.05) is 0 Å². The SMILES string of the molecule is CC(C)NC1[C@H](C)CCC[C@H]1C. The van der Waals surface area contributed by atoms with Crippen LogP contribution in [0.25, 0.3) is 0 Å². The predicted molar refractivity (Wildman–Crippen MR) is 54.2 cm³/mol. The maximum absolute atomic E-state index is 3.68. The molecule has 0 aromatic carbocycles. The van der Waals surface area contributed by atoms with E-state index in [-0.39, 0.29) is 0 Å². The van der Waals surface area contributed by atoms with Gasteiger partial charge in [0.25, 0.3) is 0 Å². The highest BCUT2D eigenvalue weighted by Crippen LogP contribution is 2.28. The fraction of sp³-hybridized carbons (Fsp3) is 1.00. The first-order valence-electron chi connectivity index (χ1n) is 5.37. The average molecular weight is 169 g/mol. The first-order chi connectivity index (χ1) is 5.61.